The summed E-state index contributed by atoms with van der Waals surface area (Å²) in [6.07, 6.45) is 16.8. The van der Waals surface area contributed by atoms with Gasteiger partial charge >= 0.3 is 6.99 Å². The first-order valence-corrected chi connectivity index (χ1v) is 8.45. The van der Waals surface area contributed by atoms with Crippen molar-refractivity contribution in [3.8, 4) is 0 Å². The number of hydrogen-bond acceptors (Lipinski definition) is 0. The largest absolute Gasteiger partial charge is 0.348 e. The Bertz CT molecular complexity index is 134. The van der Waals surface area contributed by atoms with Gasteiger partial charge in [-0.05, 0) is 12.6 Å². The minimum Gasteiger partial charge on any atom is -0.336 e. The van der Waals surface area contributed by atoms with Crippen LogP contribution in [0.3, 0.4) is 0 Å². The van der Waals surface area contributed by atoms with Crippen molar-refractivity contribution in [3.05, 3.63) is 0 Å². The van der Waals surface area contributed by atoms with Gasteiger partial charge < -0.3 is 4.32 Å². The minimum absolute atomic E-state index is 0.526. The number of unbranched alkanes of at least 4 members (excludes halogenated alkanes) is 10. The maximum Gasteiger partial charge on any atom is 0.348 e. The Balaban J connectivity index is 3.10. The fourth-order valence-electron chi connectivity index (χ4n) is 2.44. The summed E-state index contributed by atoms with van der Waals surface area (Å²) in [5, 5.41) is 0. The van der Waals surface area contributed by atoms with Crippen molar-refractivity contribution < 1.29 is 4.32 Å². The van der Waals surface area contributed by atoms with Crippen LogP contribution in [0.2, 0.25) is 12.6 Å². The molecule has 0 aliphatic heterocycles. The van der Waals surface area contributed by atoms with E-state index >= 15 is 0 Å². The van der Waals surface area contributed by atoms with Crippen LogP contribution in [0.5, 0.6) is 0 Å². The first-order valence-electron chi connectivity index (χ1n) is 8.45. The molecule has 0 fully saturated rings. The molecule has 0 atom stereocenters. The fourth-order valence-corrected chi connectivity index (χ4v) is 2.44. The van der Waals surface area contributed by atoms with Crippen molar-refractivity contribution in [1.82, 2.24) is 0 Å². The van der Waals surface area contributed by atoms with Gasteiger partial charge in [-0.3, -0.25) is 0 Å². The van der Waals surface area contributed by atoms with Crippen LogP contribution in [0.25, 0.3) is 0 Å². The predicted molar refractivity (Wildman–Crippen MR) is 83.2 cm³/mol. The van der Waals surface area contributed by atoms with E-state index in [4.69, 9.17) is 0 Å². The van der Waals surface area contributed by atoms with E-state index < -0.39 is 6.99 Å². The molecule has 2 heteroatoms. The lowest BCUT2D eigenvalue weighted by molar-refractivity contribution is 0.607. The Kier molecular flexibility index (Phi) is 15.0. The molecule has 0 nitrogen and oxygen atoms in total. The van der Waals surface area contributed by atoms with Crippen LogP contribution < -0.4 is 0 Å². The fraction of sp³-hybridized carbons (Fsp3) is 1.00. The maximum absolute atomic E-state index is 13.6. The molecule has 0 saturated carbocycles. The zero-order valence-electron chi connectivity index (χ0n) is 12.9. The van der Waals surface area contributed by atoms with Crippen LogP contribution >= 0.6 is 0 Å². The van der Waals surface area contributed by atoms with Crippen molar-refractivity contribution in [3.63, 3.8) is 0 Å². The van der Waals surface area contributed by atoms with Gasteiger partial charge in [-0.15, -0.1) is 0 Å². The molecule has 108 valence electrons. The summed E-state index contributed by atoms with van der Waals surface area (Å²) in [5.74, 6) is 0. The molecular formula is C16H34BF. The van der Waals surface area contributed by atoms with E-state index in [2.05, 4.69) is 13.8 Å². The molecule has 0 aromatic carbocycles. The van der Waals surface area contributed by atoms with Gasteiger partial charge in [-0.25, -0.2) is 0 Å². The molecule has 0 heterocycles. The normalized spacial score (nSPS) is 10.8. The van der Waals surface area contributed by atoms with E-state index in [0.717, 1.165) is 25.5 Å². The van der Waals surface area contributed by atoms with E-state index in [1.807, 2.05) is 0 Å². The molecule has 0 aliphatic carbocycles. The summed E-state index contributed by atoms with van der Waals surface area (Å²) < 4.78 is 13.6. The Hall–Kier alpha value is -0.00506. The lowest BCUT2D eigenvalue weighted by Crippen LogP contribution is -2.04. The molecule has 0 spiro atoms. The third-order valence-corrected chi connectivity index (χ3v) is 3.74. The second kappa shape index (κ2) is 15.1. The Morgan fingerprint density at radius 1 is 0.556 bits per heavy atom. The van der Waals surface area contributed by atoms with Crippen molar-refractivity contribution >= 4 is 6.99 Å². The van der Waals surface area contributed by atoms with Gasteiger partial charge in [0, 0.05) is 0 Å². The lowest BCUT2D eigenvalue weighted by Gasteiger charge is -2.04. The molecule has 0 saturated heterocycles. The van der Waals surface area contributed by atoms with Gasteiger partial charge in [0.2, 0.25) is 0 Å². The van der Waals surface area contributed by atoms with E-state index in [-0.39, 0.29) is 0 Å². The summed E-state index contributed by atoms with van der Waals surface area (Å²) in [5.41, 5.74) is 0. The number of hydrogen-bond donors (Lipinski definition) is 0. The third kappa shape index (κ3) is 14.1. The highest BCUT2D eigenvalue weighted by Crippen LogP contribution is 2.15. The van der Waals surface area contributed by atoms with Crippen LogP contribution in [0, 0.1) is 0 Å². The maximum atomic E-state index is 13.6. The molecule has 0 bridgehead atoms. The summed E-state index contributed by atoms with van der Waals surface area (Å²) in [4.78, 5) is 0. The molecule has 0 rings (SSSR count). The monoisotopic (exact) mass is 256 g/mol. The Morgan fingerprint density at radius 3 is 1.28 bits per heavy atom. The third-order valence-electron chi connectivity index (χ3n) is 3.74. The Labute approximate surface area is 115 Å². The molecule has 0 unspecified atom stereocenters. The molecular weight excluding hydrogens is 222 g/mol. The lowest BCUT2D eigenvalue weighted by atomic mass is 9.62. The molecule has 0 aromatic heterocycles. The predicted octanol–water partition coefficient (Wildman–Crippen LogP) is 6.67. The summed E-state index contributed by atoms with van der Waals surface area (Å²) in [6, 6.07) is 0. The zero-order chi connectivity index (χ0) is 13.5. The second-order valence-electron chi connectivity index (χ2n) is 5.71. The molecule has 0 amide bonds. The number of halogens is 1. The van der Waals surface area contributed by atoms with E-state index in [1.54, 1.807) is 0 Å². The Morgan fingerprint density at radius 2 is 0.889 bits per heavy atom. The average Bonchev–Trinajstić information content (AvgIpc) is 2.38. The standard InChI is InChI=1S/C16H34BF/c1-3-5-7-9-11-13-15-17(18)16-14-12-10-8-6-4-2/h3-16H2,1-2H3. The van der Waals surface area contributed by atoms with Crippen LogP contribution in [-0.4, -0.2) is 6.99 Å². The quantitative estimate of drug-likeness (QED) is 0.240. The summed E-state index contributed by atoms with van der Waals surface area (Å²) in [6.45, 7) is 3.94. The topological polar surface area (TPSA) is 0 Å². The molecule has 0 aromatic rings. The average molecular weight is 256 g/mol. The van der Waals surface area contributed by atoms with E-state index in [9.17, 15) is 4.32 Å². The summed E-state index contributed by atoms with van der Waals surface area (Å²) >= 11 is 0. The highest BCUT2D eigenvalue weighted by atomic mass is 19.1. The van der Waals surface area contributed by atoms with Crippen molar-refractivity contribution in [2.24, 2.45) is 0 Å². The smallest absolute Gasteiger partial charge is 0.336 e. The van der Waals surface area contributed by atoms with Gasteiger partial charge in [0.15, 0.2) is 0 Å². The number of rotatable bonds is 14. The van der Waals surface area contributed by atoms with Crippen molar-refractivity contribution in [1.29, 1.82) is 0 Å². The molecule has 0 radical (unpaired) electrons. The second-order valence-corrected chi connectivity index (χ2v) is 5.71. The van der Waals surface area contributed by atoms with Gasteiger partial charge in [-0.2, -0.15) is 0 Å². The highest BCUT2D eigenvalue weighted by Gasteiger charge is 2.11. The van der Waals surface area contributed by atoms with Gasteiger partial charge in [0.05, 0.1) is 0 Å². The van der Waals surface area contributed by atoms with Gasteiger partial charge in [-0.1, -0.05) is 90.9 Å². The van der Waals surface area contributed by atoms with E-state index in [1.165, 1.54) is 64.2 Å². The van der Waals surface area contributed by atoms with Crippen LogP contribution in [0.4, 0.5) is 4.32 Å². The van der Waals surface area contributed by atoms with Gasteiger partial charge in [0.25, 0.3) is 0 Å². The SMILES string of the molecule is CCCCCCCCB(F)CCCCCCCC. The van der Waals surface area contributed by atoms with E-state index in [0.29, 0.717) is 0 Å². The molecule has 0 N–H and O–H groups in total. The zero-order valence-corrected chi connectivity index (χ0v) is 12.9. The molecule has 18 heavy (non-hydrogen) atoms. The van der Waals surface area contributed by atoms with Crippen LogP contribution in [0.15, 0.2) is 0 Å². The van der Waals surface area contributed by atoms with Crippen LogP contribution in [0.1, 0.15) is 90.9 Å². The highest BCUT2D eigenvalue weighted by molar-refractivity contribution is 6.50. The summed E-state index contributed by atoms with van der Waals surface area (Å²) in [7, 11) is 0. The van der Waals surface area contributed by atoms with Crippen LogP contribution in [-0.2, 0) is 0 Å². The molecule has 0 aliphatic rings. The minimum atomic E-state index is -0.526. The van der Waals surface area contributed by atoms with Gasteiger partial charge in [0.1, 0.15) is 0 Å². The van der Waals surface area contributed by atoms with Crippen molar-refractivity contribution in [2.75, 3.05) is 0 Å². The first-order chi connectivity index (χ1) is 8.81. The van der Waals surface area contributed by atoms with Crippen molar-refractivity contribution in [2.45, 2.75) is 104 Å². The first kappa shape index (κ1) is 18.0.